The minimum Gasteiger partial charge on any atom is -0.391 e. The van der Waals surface area contributed by atoms with Crippen LogP contribution in [-0.4, -0.2) is 11.7 Å². The topological polar surface area (TPSA) is 34.5 Å². The molecule has 0 unspecified atom stereocenters. The van der Waals surface area contributed by atoms with Crippen LogP contribution in [0.3, 0.4) is 0 Å². The lowest BCUT2D eigenvalue weighted by Gasteiger charge is -2.01. The van der Waals surface area contributed by atoms with Crippen LogP contribution in [-0.2, 0) is 11.4 Å². The van der Waals surface area contributed by atoms with E-state index in [0.29, 0.717) is 6.61 Å². The number of aromatic nitrogens is 1. The van der Waals surface area contributed by atoms with E-state index in [1.807, 2.05) is 29.6 Å². The van der Waals surface area contributed by atoms with E-state index >= 15 is 0 Å². The number of oxime groups is 1. The highest BCUT2D eigenvalue weighted by Gasteiger charge is 2.01. The van der Waals surface area contributed by atoms with Crippen LogP contribution in [0.1, 0.15) is 5.56 Å². The van der Waals surface area contributed by atoms with Gasteiger partial charge in [0, 0.05) is 23.9 Å². The summed E-state index contributed by atoms with van der Waals surface area (Å²) in [6.07, 6.45) is 1.80. The average molecular weight is 218 g/mol. The van der Waals surface area contributed by atoms with Gasteiger partial charge in [0.1, 0.15) is 11.6 Å². The highest BCUT2D eigenvalue weighted by Crippen LogP contribution is 2.22. The third kappa shape index (κ3) is 2.41. The molecule has 15 heavy (non-hydrogen) atoms. The SMILES string of the molecule is C=NOCc1cccc(-c2nccs2)c1. The summed E-state index contributed by atoms with van der Waals surface area (Å²) in [4.78, 5) is 9.14. The summed E-state index contributed by atoms with van der Waals surface area (Å²) in [5.41, 5.74) is 2.17. The Kier molecular flexibility index (Phi) is 3.09. The molecule has 1 heterocycles. The van der Waals surface area contributed by atoms with Crippen LogP contribution >= 0.6 is 11.3 Å². The second-order valence-electron chi connectivity index (χ2n) is 2.94. The molecule has 0 aliphatic heterocycles. The molecule has 0 fully saturated rings. The zero-order valence-electron chi connectivity index (χ0n) is 8.09. The first-order valence-electron chi connectivity index (χ1n) is 4.47. The highest BCUT2D eigenvalue weighted by molar-refractivity contribution is 7.13. The molecule has 2 aromatic rings. The number of rotatable bonds is 4. The molecule has 76 valence electrons. The summed E-state index contributed by atoms with van der Waals surface area (Å²) in [6, 6.07) is 8.05. The van der Waals surface area contributed by atoms with Gasteiger partial charge in [0.15, 0.2) is 0 Å². The molecule has 0 saturated carbocycles. The average Bonchev–Trinajstić information content (AvgIpc) is 2.80. The lowest BCUT2D eigenvalue weighted by molar-refractivity contribution is 0.133. The van der Waals surface area contributed by atoms with E-state index in [4.69, 9.17) is 4.84 Å². The van der Waals surface area contributed by atoms with Crippen molar-refractivity contribution in [3.63, 3.8) is 0 Å². The molecule has 0 aliphatic carbocycles. The van der Waals surface area contributed by atoms with Crippen LogP contribution in [0.25, 0.3) is 10.6 Å². The van der Waals surface area contributed by atoms with Gasteiger partial charge in [0.2, 0.25) is 0 Å². The molecule has 1 aromatic heterocycles. The first-order valence-corrected chi connectivity index (χ1v) is 5.35. The minimum atomic E-state index is 0.447. The molecular weight excluding hydrogens is 208 g/mol. The van der Waals surface area contributed by atoms with E-state index in [2.05, 4.69) is 16.9 Å². The van der Waals surface area contributed by atoms with E-state index in [9.17, 15) is 0 Å². The standard InChI is InChI=1S/C11H10N2OS/c1-12-14-8-9-3-2-4-10(7-9)11-13-5-6-15-11/h2-7H,1,8H2. The normalized spacial score (nSPS) is 9.87. The number of nitrogens with zero attached hydrogens (tertiary/aromatic N) is 2. The molecular formula is C11H10N2OS. The summed E-state index contributed by atoms with van der Waals surface area (Å²) < 4.78 is 0. The fourth-order valence-corrected chi connectivity index (χ4v) is 1.92. The molecule has 0 radical (unpaired) electrons. The fraction of sp³-hybridized carbons (Fsp3) is 0.0909. The Morgan fingerprint density at radius 2 is 2.40 bits per heavy atom. The van der Waals surface area contributed by atoms with Crippen molar-refractivity contribution < 1.29 is 4.84 Å². The highest BCUT2D eigenvalue weighted by atomic mass is 32.1. The molecule has 1 aromatic carbocycles. The first kappa shape index (κ1) is 9.86. The van der Waals surface area contributed by atoms with Gasteiger partial charge in [-0.25, -0.2) is 4.98 Å². The van der Waals surface area contributed by atoms with E-state index in [1.165, 1.54) is 0 Å². The molecule has 2 rings (SSSR count). The van der Waals surface area contributed by atoms with E-state index in [-0.39, 0.29) is 0 Å². The van der Waals surface area contributed by atoms with Crippen LogP contribution in [0.15, 0.2) is 41.0 Å². The second-order valence-corrected chi connectivity index (χ2v) is 3.83. The van der Waals surface area contributed by atoms with Gasteiger partial charge in [-0.2, -0.15) is 0 Å². The summed E-state index contributed by atoms with van der Waals surface area (Å²) >= 11 is 1.62. The Labute approximate surface area is 92.0 Å². The number of hydrogen-bond acceptors (Lipinski definition) is 4. The molecule has 0 aliphatic rings. The largest absolute Gasteiger partial charge is 0.391 e. The summed E-state index contributed by atoms with van der Waals surface area (Å²) in [6.45, 7) is 3.71. The predicted octanol–water partition coefficient (Wildman–Crippen LogP) is 2.94. The third-order valence-corrected chi connectivity index (χ3v) is 2.75. The zero-order chi connectivity index (χ0) is 10.5. The van der Waals surface area contributed by atoms with Crippen LogP contribution in [0.4, 0.5) is 0 Å². The maximum absolute atomic E-state index is 4.89. The molecule has 0 N–H and O–H groups in total. The zero-order valence-corrected chi connectivity index (χ0v) is 8.91. The quantitative estimate of drug-likeness (QED) is 0.584. The van der Waals surface area contributed by atoms with Crippen LogP contribution in [0.2, 0.25) is 0 Å². The summed E-state index contributed by atoms with van der Waals surface area (Å²) in [7, 11) is 0. The van der Waals surface area contributed by atoms with Crippen molar-refractivity contribution in [3.8, 4) is 10.6 Å². The Balaban J connectivity index is 2.23. The van der Waals surface area contributed by atoms with Crippen molar-refractivity contribution in [2.45, 2.75) is 6.61 Å². The van der Waals surface area contributed by atoms with E-state index in [0.717, 1.165) is 16.1 Å². The van der Waals surface area contributed by atoms with Crippen LogP contribution in [0.5, 0.6) is 0 Å². The predicted molar refractivity (Wildman–Crippen MR) is 61.9 cm³/mol. The first-order chi connectivity index (χ1) is 7.40. The second kappa shape index (κ2) is 4.70. The van der Waals surface area contributed by atoms with Crippen molar-refractivity contribution in [2.75, 3.05) is 0 Å². The Morgan fingerprint density at radius 1 is 1.47 bits per heavy atom. The Hall–Kier alpha value is -1.68. The van der Waals surface area contributed by atoms with Gasteiger partial charge < -0.3 is 4.84 Å². The van der Waals surface area contributed by atoms with Gasteiger partial charge in [-0.1, -0.05) is 18.2 Å². The minimum absolute atomic E-state index is 0.447. The van der Waals surface area contributed by atoms with Gasteiger partial charge in [-0.05, 0) is 11.6 Å². The number of thiazole rings is 1. The van der Waals surface area contributed by atoms with Gasteiger partial charge >= 0.3 is 0 Å². The number of hydrogen-bond donors (Lipinski definition) is 0. The summed E-state index contributed by atoms with van der Waals surface area (Å²) in [5.74, 6) is 0. The third-order valence-electron chi connectivity index (χ3n) is 1.93. The van der Waals surface area contributed by atoms with Crippen molar-refractivity contribution in [1.82, 2.24) is 4.98 Å². The van der Waals surface area contributed by atoms with E-state index < -0.39 is 0 Å². The Morgan fingerprint density at radius 3 is 3.13 bits per heavy atom. The van der Waals surface area contributed by atoms with Crippen molar-refractivity contribution >= 4 is 18.1 Å². The molecule has 0 spiro atoms. The molecule has 3 nitrogen and oxygen atoms in total. The van der Waals surface area contributed by atoms with E-state index in [1.54, 1.807) is 17.5 Å². The Bertz CT molecular complexity index is 440. The monoisotopic (exact) mass is 218 g/mol. The smallest absolute Gasteiger partial charge is 0.142 e. The molecule has 0 saturated heterocycles. The molecule has 0 bridgehead atoms. The molecule has 4 heteroatoms. The maximum Gasteiger partial charge on any atom is 0.142 e. The summed E-state index contributed by atoms with van der Waals surface area (Å²) in [5, 5.41) is 6.34. The van der Waals surface area contributed by atoms with Gasteiger partial charge in [-0.15, -0.1) is 16.5 Å². The van der Waals surface area contributed by atoms with Crippen molar-refractivity contribution in [3.05, 3.63) is 41.4 Å². The van der Waals surface area contributed by atoms with Crippen molar-refractivity contribution in [1.29, 1.82) is 0 Å². The van der Waals surface area contributed by atoms with Crippen molar-refractivity contribution in [2.24, 2.45) is 5.16 Å². The van der Waals surface area contributed by atoms with Crippen LogP contribution in [0, 0.1) is 0 Å². The molecule has 0 atom stereocenters. The fourth-order valence-electron chi connectivity index (χ4n) is 1.28. The van der Waals surface area contributed by atoms with Gasteiger partial charge in [-0.3, -0.25) is 0 Å². The lowest BCUT2D eigenvalue weighted by atomic mass is 10.1. The van der Waals surface area contributed by atoms with Gasteiger partial charge in [0.25, 0.3) is 0 Å². The van der Waals surface area contributed by atoms with Gasteiger partial charge in [0.05, 0.1) is 0 Å². The maximum atomic E-state index is 4.89. The lowest BCUT2D eigenvalue weighted by Crippen LogP contribution is -1.87. The number of benzene rings is 1. The molecule has 0 amide bonds. The van der Waals surface area contributed by atoms with Crippen LogP contribution < -0.4 is 0 Å².